The zero-order valence-electron chi connectivity index (χ0n) is 13.8. The fourth-order valence-corrected chi connectivity index (χ4v) is 4.01. The minimum Gasteiger partial charge on any atom is -0.337 e. The first kappa shape index (κ1) is 16.7. The Bertz CT molecular complexity index is 769. The fourth-order valence-electron chi connectivity index (χ4n) is 3.19. The maximum atomic E-state index is 12.3. The number of benzene rings is 1. The lowest BCUT2D eigenvalue weighted by atomic mass is 9.83. The molecule has 124 valence electrons. The molecule has 1 heterocycles. The summed E-state index contributed by atoms with van der Waals surface area (Å²) in [5, 5.41) is 15.3. The number of aromatic nitrogens is 1. The van der Waals surface area contributed by atoms with Crippen molar-refractivity contribution in [1.29, 1.82) is 5.26 Å². The molecule has 1 aliphatic rings. The van der Waals surface area contributed by atoms with E-state index in [0.717, 1.165) is 48.4 Å². The topological polar surface area (TPSA) is 65.8 Å². The van der Waals surface area contributed by atoms with Gasteiger partial charge in [0.15, 0.2) is 0 Å². The van der Waals surface area contributed by atoms with Gasteiger partial charge < -0.3 is 5.32 Å². The van der Waals surface area contributed by atoms with Gasteiger partial charge in [0, 0.05) is 10.9 Å². The molecule has 24 heavy (non-hydrogen) atoms. The summed E-state index contributed by atoms with van der Waals surface area (Å²) >= 11 is 1.55. The molecule has 1 N–H and O–H groups in total. The Labute approximate surface area is 146 Å². The monoisotopic (exact) mass is 339 g/mol. The van der Waals surface area contributed by atoms with Crippen LogP contribution in [0, 0.1) is 18.3 Å². The van der Waals surface area contributed by atoms with Crippen LogP contribution in [0.4, 0.5) is 0 Å². The lowest BCUT2D eigenvalue weighted by molar-refractivity contribution is -0.122. The third-order valence-corrected chi connectivity index (χ3v) is 5.40. The number of thiazole rings is 1. The van der Waals surface area contributed by atoms with Gasteiger partial charge in [0.1, 0.15) is 10.5 Å². The van der Waals surface area contributed by atoms with Gasteiger partial charge in [-0.2, -0.15) is 5.26 Å². The number of nitriles is 1. The molecule has 1 fully saturated rings. The van der Waals surface area contributed by atoms with Gasteiger partial charge in [-0.1, -0.05) is 43.0 Å². The maximum Gasteiger partial charge on any atom is 0.227 e. The summed E-state index contributed by atoms with van der Waals surface area (Å²) in [5.74, 6) is -0.112. The van der Waals surface area contributed by atoms with Crippen molar-refractivity contribution in [3.05, 3.63) is 40.9 Å². The quantitative estimate of drug-likeness (QED) is 0.915. The summed E-state index contributed by atoms with van der Waals surface area (Å²) in [6, 6.07) is 10.5. The van der Waals surface area contributed by atoms with Gasteiger partial charge in [-0.25, -0.2) is 4.98 Å². The van der Waals surface area contributed by atoms with Crippen molar-refractivity contribution in [2.24, 2.45) is 0 Å². The highest BCUT2D eigenvalue weighted by Gasteiger charge is 2.33. The zero-order chi connectivity index (χ0) is 17.0. The van der Waals surface area contributed by atoms with Gasteiger partial charge in [-0.05, 0) is 25.8 Å². The summed E-state index contributed by atoms with van der Waals surface area (Å²) < 4.78 is 0. The number of carbonyl (C=O) groups excluding carboxylic acids is 1. The molecular formula is C19H21N3OS. The molecule has 0 unspecified atom stereocenters. The molecular weight excluding hydrogens is 318 g/mol. The Morgan fingerprint density at radius 2 is 2.17 bits per heavy atom. The molecule has 4 nitrogen and oxygen atoms in total. The Hall–Kier alpha value is -2.19. The second-order valence-electron chi connectivity index (χ2n) is 6.49. The van der Waals surface area contributed by atoms with Crippen LogP contribution in [0.25, 0.3) is 10.6 Å². The van der Waals surface area contributed by atoms with Crippen molar-refractivity contribution in [2.45, 2.75) is 51.0 Å². The van der Waals surface area contributed by atoms with Gasteiger partial charge in [0.05, 0.1) is 18.2 Å². The van der Waals surface area contributed by atoms with E-state index >= 15 is 0 Å². The summed E-state index contributed by atoms with van der Waals surface area (Å²) in [5.41, 5.74) is 2.35. The first-order valence-electron chi connectivity index (χ1n) is 8.34. The molecule has 0 radical (unpaired) electrons. The van der Waals surface area contributed by atoms with Crippen LogP contribution in [0.5, 0.6) is 0 Å². The van der Waals surface area contributed by atoms with E-state index in [9.17, 15) is 10.1 Å². The number of rotatable bonds is 4. The Kier molecular flexibility index (Phi) is 4.96. The lowest BCUT2D eigenvalue weighted by Crippen LogP contribution is -2.49. The summed E-state index contributed by atoms with van der Waals surface area (Å²) in [4.78, 5) is 16.9. The SMILES string of the molecule is Cc1cccc(-c2nc(CC(=O)NC3(C#N)CCCCC3)cs2)c1. The van der Waals surface area contributed by atoms with Gasteiger partial charge in [0.2, 0.25) is 5.91 Å². The summed E-state index contributed by atoms with van der Waals surface area (Å²) in [6.07, 6.45) is 4.88. The molecule has 5 heteroatoms. The van der Waals surface area contributed by atoms with E-state index in [1.807, 2.05) is 17.5 Å². The predicted octanol–water partition coefficient (Wildman–Crippen LogP) is 4.00. The van der Waals surface area contributed by atoms with E-state index in [1.165, 1.54) is 5.56 Å². The van der Waals surface area contributed by atoms with E-state index < -0.39 is 5.54 Å². The predicted molar refractivity (Wildman–Crippen MR) is 95.6 cm³/mol. The third kappa shape index (κ3) is 3.82. The number of aryl methyl sites for hydroxylation is 1. The molecule has 0 atom stereocenters. The molecule has 1 aliphatic carbocycles. The van der Waals surface area contributed by atoms with Crippen LogP contribution in [0.1, 0.15) is 43.4 Å². The van der Waals surface area contributed by atoms with Crippen molar-refractivity contribution < 1.29 is 4.79 Å². The average molecular weight is 339 g/mol. The van der Waals surface area contributed by atoms with Crippen LogP contribution in [0.3, 0.4) is 0 Å². The molecule has 0 saturated heterocycles. The van der Waals surface area contributed by atoms with Crippen molar-refractivity contribution in [3.8, 4) is 16.6 Å². The lowest BCUT2D eigenvalue weighted by Gasteiger charge is -2.31. The smallest absolute Gasteiger partial charge is 0.227 e. The van der Waals surface area contributed by atoms with Crippen LogP contribution >= 0.6 is 11.3 Å². The van der Waals surface area contributed by atoms with Crippen LogP contribution in [0.2, 0.25) is 0 Å². The summed E-state index contributed by atoms with van der Waals surface area (Å²) in [6.45, 7) is 2.05. The number of nitrogens with one attached hydrogen (secondary N) is 1. The highest BCUT2D eigenvalue weighted by atomic mass is 32.1. The molecule has 1 aromatic carbocycles. The standard InChI is InChI=1S/C19H21N3OS/c1-14-6-5-7-15(10-14)18-21-16(12-24-18)11-17(23)22-19(13-20)8-3-2-4-9-19/h5-7,10,12H,2-4,8-9,11H2,1H3,(H,22,23). The molecule has 0 bridgehead atoms. The van der Waals surface area contributed by atoms with E-state index in [2.05, 4.69) is 35.4 Å². The Balaban J connectivity index is 1.66. The number of hydrogen-bond donors (Lipinski definition) is 1. The van der Waals surface area contributed by atoms with Crippen molar-refractivity contribution in [1.82, 2.24) is 10.3 Å². The second kappa shape index (κ2) is 7.14. The average Bonchev–Trinajstić information content (AvgIpc) is 3.04. The largest absolute Gasteiger partial charge is 0.337 e. The fraction of sp³-hybridized carbons (Fsp3) is 0.421. The van der Waals surface area contributed by atoms with Crippen LogP contribution in [-0.4, -0.2) is 16.4 Å². The molecule has 1 amide bonds. The van der Waals surface area contributed by atoms with Crippen LogP contribution < -0.4 is 5.32 Å². The van der Waals surface area contributed by atoms with E-state index in [0.29, 0.717) is 0 Å². The first-order valence-corrected chi connectivity index (χ1v) is 9.22. The van der Waals surface area contributed by atoms with Gasteiger partial charge >= 0.3 is 0 Å². The number of carbonyl (C=O) groups is 1. The number of nitrogens with zero attached hydrogens (tertiary/aromatic N) is 2. The number of hydrogen-bond acceptors (Lipinski definition) is 4. The van der Waals surface area contributed by atoms with Crippen LogP contribution in [0.15, 0.2) is 29.6 Å². The number of amides is 1. The van der Waals surface area contributed by atoms with Crippen molar-refractivity contribution in [2.75, 3.05) is 0 Å². The normalized spacial score (nSPS) is 16.3. The van der Waals surface area contributed by atoms with Crippen LogP contribution in [-0.2, 0) is 11.2 Å². The second-order valence-corrected chi connectivity index (χ2v) is 7.35. The van der Waals surface area contributed by atoms with E-state index in [1.54, 1.807) is 11.3 Å². The van der Waals surface area contributed by atoms with Crippen molar-refractivity contribution in [3.63, 3.8) is 0 Å². The van der Waals surface area contributed by atoms with E-state index in [-0.39, 0.29) is 12.3 Å². The van der Waals surface area contributed by atoms with Gasteiger partial charge in [0.25, 0.3) is 0 Å². The van der Waals surface area contributed by atoms with Gasteiger partial charge in [-0.3, -0.25) is 4.79 Å². The summed E-state index contributed by atoms with van der Waals surface area (Å²) in [7, 11) is 0. The maximum absolute atomic E-state index is 12.3. The highest BCUT2D eigenvalue weighted by molar-refractivity contribution is 7.13. The molecule has 0 aliphatic heterocycles. The molecule has 1 aromatic heterocycles. The molecule has 2 aromatic rings. The first-order chi connectivity index (χ1) is 11.6. The minimum atomic E-state index is -0.676. The van der Waals surface area contributed by atoms with E-state index in [4.69, 9.17) is 0 Å². The molecule has 1 saturated carbocycles. The molecule has 0 spiro atoms. The van der Waals surface area contributed by atoms with Gasteiger partial charge in [-0.15, -0.1) is 11.3 Å². The third-order valence-electron chi connectivity index (χ3n) is 4.46. The Morgan fingerprint density at radius 1 is 1.38 bits per heavy atom. The van der Waals surface area contributed by atoms with Crippen molar-refractivity contribution >= 4 is 17.2 Å². The molecule has 3 rings (SSSR count). The highest BCUT2D eigenvalue weighted by Crippen LogP contribution is 2.28. The zero-order valence-corrected chi connectivity index (χ0v) is 14.7. The Morgan fingerprint density at radius 3 is 2.88 bits per heavy atom. The minimum absolute atomic E-state index is 0.112.